The lowest BCUT2D eigenvalue weighted by atomic mass is 9.77. The molecule has 2 N–H and O–H groups in total. The Hall–Kier alpha value is -2.06. The number of amides is 1. The van der Waals surface area contributed by atoms with Crippen molar-refractivity contribution >= 4 is 24.0 Å². The molecule has 1 aliphatic carbocycles. The fourth-order valence-electron chi connectivity index (χ4n) is 3.20. The number of anilines is 1. The molecular formula is C16H17ClF2N4O2. The monoisotopic (exact) mass is 370 g/mol. The summed E-state index contributed by atoms with van der Waals surface area (Å²) in [6, 6.07) is 3.03. The predicted molar refractivity (Wildman–Crippen MR) is 87.3 cm³/mol. The first-order chi connectivity index (χ1) is 11.4. The molecule has 2 aromatic rings. The van der Waals surface area contributed by atoms with Crippen molar-refractivity contribution in [2.45, 2.75) is 37.1 Å². The van der Waals surface area contributed by atoms with E-state index in [1.807, 2.05) is 0 Å². The molecule has 2 fully saturated rings. The quantitative estimate of drug-likeness (QED) is 0.897. The summed E-state index contributed by atoms with van der Waals surface area (Å²) < 4.78 is 32.0. The van der Waals surface area contributed by atoms with Crippen molar-refractivity contribution in [2.75, 3.05) is 11.4 Å². The molecule has 9 heteroatoms. The van der Waals surface area contributed by atoms with Crippen LogP contribution in [0.4, 0.5) is 14.5 Å². The number of nitrogens with two attached hydrogens (primary N) is 1. The molecule has 1 unspecified atom stereocenters. The molecule has 1 saturated carbocycles. The van der Waals surface area contributed by atoms with E-state index < -0.39 is 17.2 Å². The highest BCUT2D eigenvalue weighted by Gasteiger charge is 2.41. The zero-order valence-electron chi connectivity index (χ0n) is 13.2. The van der Waals surface area contributed by atoms with Gasteiger partial charge in [0.05, 0.1) is 11.5 Å². The maximum atomic E-state index is 13.4. The van der Waals surface area contributed by atoms with Crippen LogP contribution >= 0.6 is 12.4 Å². The summed E-state index contributed by atoms with van der Waals surface area (Å²) in [6.45, 7) is 0.237. The van der Waals surface area contributed by atoms with Crippen molar-refractivity contribution in [1.29, 1.82) is 0 Å². The van der Waals surface area contributed by atoms with Gasteiger partial charge in [0, 0.05) is 24.7 Å². The van der Waals surface area contributed by atoms with Crippen molar-refractivity contribution in [3.05, 3.63) is 41.5 Å². The molecule has 0 bridgehead atoms. The molecule has 4 rings (SSSR count). The molecule has 1 aromatic heterocycles. The molecule has 2 heterocycles. The zero-order valence-corrected chi connectivity index (χ0v) is 14.1. The van der Waals surface area contributed by atoms with E-state index >= 15 is 0 Å². The van der Waals surface area contributed by atoms with Crippen molar-refractivity contribution in [3.63, 3.8) is 0 Å². The van der Waals surface area contributed by atoms with Crippen LogP contribution in [-0.2, 0) is 10.3 Å². The molecular weight excluding hydrogens is 354 g/mol. The van der Waals surface area contributed by atoms with Crippen LogP contribution in [0.15, 0.2) is 22.7 Å². The zero-order chi connectivity index (χ0) is 16.9. The third kappa shape index (κ3) is 3.11. The number of aromatic nitrogens is 2. The van der Waals surface area contributed by atoms with E-state index in [4.69, 9.17) is 10.3 Å². The van der Waals surface area contributed by atoms with Crippen molar-refractivity contribution < 1.29 is 18.1 Å². The van der Waals surface area contributed by atoms with E-state index in [0.717, 1.165) is 37.5 Å². The second-order valence-corrected chi connectivity index (χ2v) is 6.50. The van der Waals surface area contributed by atoms with Crippen LogP contribution in [0.5, 0.6) is 0 Å². The minimum Gasteiger partial charge on any atom is -0.339 e. The topological polar surface area (TPSA) is 85.2 Å². The summed E-state index contributed by atoms with van der Waals surface area (Å²) in [6.07, 6.45) is 2.80. The van der Waals surface area contributed by atoms with Gasteiger partial charge in [-0.05, 0) is 31.4 Å². The summed E-state index contributed by atoms with van der Waals surface area (Å²) in [7, 11) is 0. The van der Waals surface area contributed by atoms with Crippen LogP contribution in [0.3, 0.4) is 0 Å². The summed E-state index contributed by atoms with van der Waals surface area (Å²) in [5, 5.41) is 3.94. The van der Waals surface area contributed by atoms with Crippen molar-refractivity contribution in [3.8, 4) is 0 Å². The first kappa shape index (κ1) is 17.8. The molecule has 1 amide bonds. The fraction of sp³-hybridized carbons (Fsp3) is 0.438. The number of nitrogens with zero attached hydrogens (tertiary/aromatic N) is 3. The molecule has 25 heavy (non-hydrogen) atoms. The number of hydrogen-bond donors (Lipinski definition) is 1. The minimum atomic E-state index is -0.726. The Morgan fingerprint density at radius 1 is 1.24 bits per heavy atom. The molecule has 2 aliphatic rings. The van der Waals surface area contributed by atoms with E-state index in [1.54, 1.807) is 0 Å². The largest absolute Gasteiger partial charge is 0.339 e. The average Bonchev–Trinajstić information content (AvgIpc) is 3.10. The SMILES string of the molecule is Cl.NC1(c2noc(C3CC(=O)N(c4cc(F)cc(F)c4)C3)n2)CCC1. The van der Waals surface area contributed by atoms with Gasteiger partial charge in [0.2, 0.25) is 11.8 Å². The summed E-state index contributed by atoms with van der Waals surface area (Å²) >= 11 is 0. The van der Waals surface area contributed by atoms with Gasteiger partial charge in [-0.25, -0.2) is 8.78 Å². The third-order valence-corrected chi connectivity index (χ3v) is 4.77. The lowest BCUT2D eigenvalue weighted by molar-refractivity contribution is -0.117. The van der Waals surface area contributed by atoms with Gasteiger partial charge in [-0.3, -0.25) is 4.79 Å². The first-order valence-electron chi connectivity index (χ1n) is 7.84. The predicted octanol–water partition coefficient (Wildman–Crippen LogP) is 2.63. The third-order valence-electron chi connectivity index (χ3n) is 4.77. The van der Waals surface area contributed by atoms with Crippen molar-refractivity contribution in [1.82, 2.24) is 10.1 Å². The molecule has 1 saturated heterocycles. The van der Waals surface area contributed by atoms with E-state index in [9.17, 15) is 13.6 Å². The first-order valence-corrected chi connectivity index (χ1v) is 7.84. The van der Waals surface area contributed by atoms with E-state index in [1.165, 1.54) is 4.90 Å². The number of halogens is 3. The number of benzene rings is 1. The van der Waals surface area contributed by atoms with E-state index in [0.29, 0.717) is 11.7 Å². The number of rotatable bonds is 3. The highest BCUT2D eigenvalue weighted by atomic mass is 35.5. The summed E-state index contributed by atoms with van der Waals surface area (Å²) in [4.78, 5) is 17.9. The molecule has 6 nitrogen and oxygen atoms in total. The van der Waals surface area contributed by atoms with Crippen LogP contribution in [0.1, 0.15) is 43.3 Å². The van der Waals surface area contributed by atoms with Gasteiger partial charge in [0.1, 0.15) is 11.6 Å². The Bertz CT molecular complexity index is 789. The van der Waals surface area contributed by atoms with Gasteiger partial charge in [0.25, 0.3) is 0 Å². The highest BCUT2D eigenvalue weighted by Crippen LogP contribution is 2.38. The Kier molecular flexibility index (Phi) is 4.51. The van der Waals surface area contributed by atoms with E-state index in [-0.39, 0.29) is 42.9 Å². The van der Waals surface area contributed by atoms with E-state index in [2.05, 4.69) is 10.1 Å². The second-order valence-electron chi connectivity index (χ2n) is 6.50. The molecule has 0 radical (unpaired) electrons. The van der Waals surface area contributed by atoms with Crippen LogP contribution in [-0.4, -0.2) is 22.6 Å². The summed E-state index contributed by atoms with van der Waals surface area (Å²) in [5.74, 6) is -1.20. The van der Waals surface area contributed by atoms with Crippen LogP contribution in [0.2, 0.25) is 0 Å². The normalized spacial score (nSPS) is 21.8. The van der Waals surface area contributed by atoms with Gasteiger partial charge in [-0.1, -0.05) is 5.16 Å². The smallest absolute Gasteiger partial charge is 0.232 e. The molecule has 0 spiro atoms. The number of hydrogen-bond acceptors (Lipinski definition) is 5. The van der Waals surface area contributed by atoms with Crippen LogP contribution in [0.25, 0.3) is 0 Å². The second kappa shape index (κ2) is 6.34. The standard InChI is InChI=1S/C16H16F2N4O2.ClH/c17-10-5-11(18)7-12(6-10)22-8-9(4-13(22)23)14-20-15(21-24-14)16(19)2-1-3-16;/h5-7,9H,1-4,8,19H2;1H. The highest BCUT2D eigenvalue weighted by molar-refractivity contribution is 5.96. The molecule has 134 valence electrons. The molecule has 1 aliphatic heterocycles. The Labute approximate surface area is 148 Å². The lowest BCUT2D eigenvalue weighted by Crippen LogP contribution is -2.44. The Morgan fingerprint density at radius 3 is 2.52 bits per heavy atom. The average molecular weight is 371 g/mol. The van der Waals surface area contributed by atoms with Crippen LogP contribution in [0, 0.1) is 11.6 Å². The van der Waals surface area contributed by atoms with Gasteiger partial charge in [0.15, 0.2) is 5.82 Å². The van der Waals surface area contributed by atoms with Crippen molar-refractivity contribution in [2.24, 2.45) is 5.73 Å². The number of carbonyl (C=O) groups excluding carboxylic acids is 1. The van der Waals surface area contributed by atoms with Gasteiger partial charge in [-0.15, -0.1) is 12.4 Å². The van der Waals surface area contributed by atoms with Gasteiger partial charge >= 0.3 is 0 Å². The van der Waals surface area contributed by atoms with Gasteiger partial charge in [-0.2, -0.15) is 4.98 Å². The van der Waals surface area contributed by atoms with Crippen LogP contribution < -0.4 is 10.6 Å². The molecule has 1 aromatic carbocycles. The molecule has 1 atom stereocenters. The maximum absolute atomic E-state index is 13.4. The summed E-state index contributed by atoms with van der Waals surface area (Å²) in [5.41, 5.74) is 5.83. The Balaban J connectivity index is 0.00000182. The number of carbonyl (C=O) groups is 1. The fourth-order valence-corrected chi connectivity index (χ4v) is 3.20. The lowest BCUT2D eigenvalue weighted by Gasteiger charge is -2.34. The maximum Gasteiger partial charge on any atom is 0.232 e. The van der Waals surface area contributed by atoms with Gasteiger partial charge < -0.3 is 15.2 Å². The minimum absolute atomic E-state index is 0. The Morgan fingerprint density at radius 2 is 1.92 bits per heavy atom.